The van der Waals surface area contributed by atoms with E-state index in [0.29, 0.717) is 0 Å². The van der Waals surface area contributed by atoms with Gasteiger partial charge in [-0.2, -0.15) is 0 Å². The number of aryl methyl sites for hydroxylation is 3. The summed E-state index contributed by atoms with van der Waals surface area (Å²) < 4.78 is 4.20. The van der Waals surface area contributed by atoms with Crippen LogP contribution >= 0.6 is 0 Å². The molecule has 0 fully saturated rings. The maximum atomic E-state index is 11.1. The summed E-state index contributed by atoms with van der Waals surface area (Å²) in [6.07, 6.45) is 2.02. The van der Waals surface area contributed by atoms with Gasteiger partial charge in [0.2, 0.25) is 5.69 Å². The van der Waals surface area contributed by atoms with E-state index in [0.717, 1.165) is 49.4 Å². The van der Waals surface area contributed by atoms with Crippen molar-refractivity contribution in [1.82, 2.24) is 4.57 Å². The molecule has 0 atom stereocenters. The van der Waals surface area contributed by atoms with Crippen LogP contribution < -0.4 is 4.57 Å². The summed E-state index contributed by atoms with van der Waals surface area (Å²) in [6.45, 7) is 2.11. The maximum absolute atomic E-state index is 11.1. The SMILES string of the molecule is Cc1c2cc[n+](C)c(-c3ccc([N+](=O)[O-])cc3)c2cc2c3cc(O)ccc3n(C)c12. The first kappa shape index (κ1) is 18.1. The van der Waals surface area contributed by atoms with Crippen molar-refractivity contribution >= 4 is 38.3 Å². The molecule has 0 radical (unpaired) electrons. The van der Waals surface area contributed by atoms with Crippen LogP contribution in [-0.2, 0) is 14.1 Å². The van der Waals surface area contributed by atoms with Crippen LogP contribution in [0.15, 0.2) is 60.8 Å². The quantitative estimate of drug-likeness (QED) is 0.261. The summed E-state index contributed by atoms with van der Waals surface area (Å²) in [5, 5.41) is 25.4. The van der Waals surface area contributed by atoms with Gasteiger partial charge < -0.3 is 9.67 Å². The molecule has 0 aliphatic rings. The fourth-order valence-corrected chi connectivity index (χ4v) is 4.57. The summed E-state index contributed by atoms with van der Waals surface area (Å²) in [5.74, 6) is 0.238. The Morgan fingerprint density at radius 1 is 0.967 bits per heavy atom. The molecule has 1 N–H and O–H groups in total. The molecule has 6 nitrogen and oxygen atoms in total. The Labute approximate surface area is 172 Å². The summed E-state index contributed by atoms with van der Waals surface area (Å²) >= 11 is 0. The lowest BCUT2D eigenvalue weighted by Crippen LogP contribution is -2.30. The van der Waals surface area contributed by atoms with Crippen molar-refractivity contribution in [2.45, 2.75) is 6.92 Å². The number of nitrogens with zero attached hydrogens (tertiary/aromatic N) is 3. The van der Waals surface area contributed by atoms with Gasteiger partial charge in [-0.05, 0) is 54.3 Å². The second-order valence-corrected chi connectivity index (χ2v) is 7.70. The number of non-ortho nitro benzene ring substituents is 1. The number of aromatic hydroxyl groups is 1. The number of phenolic OH excluding ortho intramolecular Hbond substituents is 1. The molecule has 0 spiro atoms. The van der Waals surface area contributed by atoms with E-state index in [2.05, 4.69) is 23.6 Å². The van der Waals surface area contributed by atoms with Gasteiger partial charge in [-0.25, -0.2) is 4.57 Å². The molecule has 0 amide bonds. The van der Waals surface area contributed by atoms with E-state index in [1.807, 2.05) is 30.9 Å². The second-order valence-electron chi connectivity index (χ2n) is 7.70. The van der Waals surface area contributed by atoms with E-state index in [1.165, 1.54) is 12.1 Å². The van der Waals surface area contributed by atoms with Crippen molar-refractivity contribution in [2.24, 2.45) is 14.1 Å². The number of pyridine rings is 1. The van der Waals surface area contributed by atoms with Crippen LogP contribution in [0.4, 0.5) is 5.69 Å². The molecular formula is C24H20N3O3+. The first-order chi connectivity index (χ1) is 14.4. The molecular weight excluding hydrogens is 378 g/mol. The molecule has 2 aromatic heterocycles. The van der Waals surface area contributed by atoms with Crippen molar-refractivity contribution in [3.8, 4) is 17.0 Å². The van der Waals surface area contributed by atoms with Gasteiger partial charge in [0.15, 0.2) is 6.20 Å². The smallest absolute Gasteiger partial charge is 0.269 e. The third-order valence-electron chi connectivity index (χ3n) is 5.98. The second kappa shape index (κ2) is 6.29. The van der Waals surface area contributed by atoms with Crippen LogP contribution in [0.3, 0.4) is 0 Å². The highest BCUT2D eigenvalue weighted by atomic mass is 16.6. The number of hydrogen-bond donors (Lipinski definition) is 1. The molecule has 5 aromatic rings. The summed E-state index contributed by atoms with van der Waals surface area (Å²) in [5.41, 5.74) is 5.32. The lowest BCUT2D eigenvalue weighted by Gasteiger charge is -2.10. The molecule has 5 rings (SSSR count). The molecule has 0 bridgehead atoms. The first-order valence-electron chi connectivity index (χ1n) is 9.64. The van der Waals surface area contributed by atoms with Crippen LogP contribution in [0.25, 0.3) is 43.8 Å². The lowest BCUT2D eigenvalue weighted by atomic mass is 9.97. The van der Waals surface area contributed by atoms with Gasteiger partial charge in [-0.15, -0.1) is 0 Å². The Bertz CT molecular complexity index is 1500. The minimum Gasteiger partial charge on any atom is -0.508 e. The van der Waals surface area contributed by atoms with Gasteiger partial charge in [0, 0.05) is 47.1 Å². The Balaban J connectivity index is 1.91. The van der Waals surface area contributed by atoms with E-state index in [4.69, 9.17) is 0 Å². The Kier molecular flexibility index (Phi) is 3.80. The molecule has 0 unspecified atom stereocenters. The highest BCUT2D eigenvalue weighted by Gasteiger charge is 2.21. The van der Waals surface area contributed by atoms with E-state index >= 15 is 0 Å². The topological polar surface area (TPSA) is 72.2 Å². The predicted molar refractivity (Wildman–Crippen MR) is 118 cm³/mol. The first-order valence-corrected chi connectivity index (χ1v) is 9.64. The zero-order valence-corrected chi connectivity index (χ0v) is 16.9. The van der Waals surface area contributed by atoms with Crippen molar-refractivity contribution in [3.63, 3.8) is 0 Å². The van der Waals surface area contributed by atoms with E-state index in [-0.39, 0.29) is 16.4 Å². The van der Waals surface area contributed by atoms with E-state index < -0.39 is 0 Å². The van der Waals surface area contributed by atoms with Gasteiger partial charge >= 0.3 is 0 Å². The highest BCUT2D eigenvalue weighted by Crippen LogP contribution is 2.38. The number of nitro benzene ring substituents is 1. The number of aromatic nitrogens is 2. The maximum Gasteiger partial charge on any atom is 0.269 e. The van der Waals surface area contributed by atoms with Crippen molar-refractivity contribution in [3.05, 3.63) is 76.5 Å². The summed E-state index contributed by atoms with van der Waals surface area (Å²) in [6, 6.07) is 16.4. The van der Waals surface area contributed by atoms with Crippen LogP contribution in [0.5, 0.6) is 5.75 Å². The standard InChI is InChI=1S/C24H19N3O3/c1-14-18-10-11-25(2)24(15-4-6-16(7-5-15)27(29)30)20(18)13-21-19-12-17(28)8-9-22(19)26(3)23(14)21/h4-13H,1-3H3/p+1. The molecule has 0 saturated carbocycles. The molecule has 6 heteroatoms. The van der Waals surface area contributed by atoms with Crippen LogP contribution in [0.2, 0.25) is 0 Å². The minimum atomic E-state index is -0.386. The van der Waals surface area contributed by atoms with Crippen molar-refractivity contribution in [1.29, 1.82) is 0 Å². The summed E-state index contributed by atoms with van der Waals surface area (Å²) in [4.78, 5) is 10.7. The summed E-state index contributed by atoms with van der Waals surface area (Å²) in [7, 11) is 4.02. The van der Waals surface area contributed by atoms with Crippen molar-refractivity contribution < 1.29 is 14.6 Å². The lowest BCUT2D eigenvalue weighted by molar-refractivity contribution is -0.659. The van der Waals surface area contributed by atoms with Gasteiger partial charge in [0.1, 0.15) is 12.8 Å². The zero-order valence-electron chi connectivity index (χ0n) is 16.9. The van der Waals surface area contributed by atoms with E-state index in [9.17, 15) is 15.2 Å². The fraction of sp³-hybridized carbons (Fsp3) is 0.125. The third-order valence-corrected chi connectivity index (χ3v) is 5.98. The number of benzene rings is 3. The van der Waals surface area contributed by atoms with Gasteiger partial charge in [0.05, 0.1) is 15.8 Å². The molecule has 0 aliphatic carbocycles. The molecule has 0 saturated heterocycles. The van der Waals surface area contributed by atoms with Crippen molar-refractivity contribution in [2.75, 3.05) is 0 Å². The number of phenols is 1. The van der Waals surface area contributed by atoms with Gasteiger partial charge in [-0.3, -0.25) is 10.1 Å². The highest BCUT2D eigenvalue weighted by molar-refractivity contribution is 6.16. The molecule has 0 aliphatic heterocycles. The average Bonchev–Trinajstić information content (AvgIpc) is 2.99. The number of hydrogen-bond acceptors (Lipinski definition) is 3. The molecule has 2 heterocycles. The normalized spacial score (nSPS) is 11.6. The fourth-order valence-electron chi connectivity index (χ4n) is 4.57. The number of nitro groups is 1. The number of fused-ring (bicyclic) bond motifs is 4. The molecule has 30 heavy (non-hydrogen) atoms. The van der Waals surface area contributed by atoms with Gasteiger partial charge in [0.25, 0.3) is 5.69 Å². The average molecular weight is 398 g/mol. The third kappa shape index (κ3) is 2.47. The van der Waals surface area contributed by atoms with Crippen LogP contribution in [0, 0.1) is 17.0 Å². The predicted octanol–water partition coefficient (Wildman–Crippen LogP) is 4.90. The minimum absolute atomic E-state index is 0.0738. The Hall–Kier alpha value is -3.93. The molecule has 148 valence electrons. The Morgan fingerprint density at radius 3 is 2.40 bits per heavy atom. The Morgan fingerprint density at radius 2 is 1.70 bits per heavy atom. The zero-order chi connectivity index (χ0) is 21.2. The van der Waals surface area contributed by atoms with Crippen LogP contribution in [-0.4, -0.2) is 14.6 Å². The van der Waals surface area contributed by atoms with E-state index in [1.54, 1.807) is 24.3 Å². The number of rotatable bonds is 2. The monoisotopic (exact) mass is 398 g/mol. The molecule has 3 aromatic carbocycles. The van der Waals surface area contributed by atoms with Crippen LogP contribution in [0.1, 0.15) is 5.56 Å². The largest absolute Gasteiger partial charge is 0.508 e. The van der Waals surface area contributed by atoms with Gasteiger partial charge in [-0.1, -0.05) is 0 Å².